The van der Waals surface area contributed by atoms with E-state index in [1.807, 2.05) is 61.2 Å². The summed E-state index contributed by atoms with van der Waals surface area (Å²) in [4.78, 5) is 13.6. The van der Waals surface area contributed by atoms with Crippen molar-refractivity contribution in [3.63, 3.8) is 0 Å². The number of methoxy groups -OCH3 is 1. The van der Waals surface area contributed by atoms with Crippen molar-refractivity contribution in [3.8, 4) is 5.75 Å². The van der Waals surface area contributed by atoms with Gasteiger partial charge in [-0.25, -0.2) is 8.42 Å². The minimum atomic E-state index is -3.58. The van der Waals surface area contributed by atoms with Crippen LogP contribution in [-0.2, 0) is 10.0 Å². The number of piperazine rings is 1. The van der Waals surface area contributed by atoms with Crippen LogP contribution in [0.15, 0.2) is 59.5 Å². The van der Waals surface area contributed by atoms with Gasteiger partial charge in [-0.1, -0.05) is 17.7 Å². The molecule has 0 bridgehead atoms. The molecule has 3 aromatic rings. The van der Waals surface area contributed by atoms with Gasteiger partial charge in [-0.3, -0.25) is 0 Å². The summed E-state index contributed by atoms with van der Waals surface area (Å²) in [6, 6.07) is 16.5. The Balaban J connectivity index is 1.50. The van der Waals surface area contributed by atoms with Crippen molar-refractivity contribution in [2.24, 2.45) is 0 Å². The van der Waals surface area contributed by atoms with Crippen molar-refractivity contribution in [2.45, 2.75) is 11.8 Å². The third-order valence-corrected chi connectivity index (χ3v) is 7.61. The van der Waals surface area contributed by atoms with E-state index in [9.17, 15) is 8.42 Å². The SMILES string of the molecule is COc1ccc(S(=O)(=O)N2CCN(c3nc(Nc4ccc(C)cc4)cc(N(C)C)n3)CC2)cc1. The zero-order chi connectivity index (χ0) is 24.3. The molecular formula is C24H30N6O3S. The first kappa shape index (κ1) is 23.8. The summed E-state index contributed by atoms with van der Waals surface area (Å²) in [5.41, 5.74) is 2.13. The molecule has 4 rings (SSSR count). The van der Waals surface area contributed by atoms with Gasteiger partial charge in [0.2, 0.25) is 16.0 Å². The van der Waals surface area contributed by atoms with E-state index in [-0.39, 0.29) is 4.90 Å². The maximum atomic E-state index is 13.1. The average Bonchev–Trinajstić information content (AvgIpc) is 2.85. The van der Waals surface area contributed by atoms with Crippen LogP contribution in [0.4, 0.5) is 23.3 Å². The fourth-order valence-corrected chi connectivity index (χ4v) is 5.09. The van der Waals surface area contributed by atoms with Crippen LogP contribution >= 0.6 is 0 Å². The first-order valence-electron chi connectivity index (χ1n) is 11.1. The van der Waals surface area contributed by atoms with Crippen molar-refractivity contribution in [1.29, 1.82) is 0 Å². The fraction of sp³-hybridized carbons (Fsp3) is 0.333. The van der Waals surface area contributed by atoms with Gasteiger partial charge in [0.05, 0.1) is 12.0 Å². The Morgan fingerprint density at radius 1 is 0.941 bits per heavy atom. The quantitative estimate of drug-likeness (QED) is 0.549. The smallest absolute Gasteiger partial charge is 0.243 e. The number of sulfonamides is 1. The predicted octanol–water partition coefficient (Wildman–Crippen LogP) is 3.11. The van der Waals surface area contributed by atoms with Crippen LogP contribution in [0.5, 0.6) is 5.75 Å². The molecule has 0 amide bonds. The summed E-state index contributed by atoms with van der Waals surface area (Å²) in [5.74, 6) is 2.65. The van der Waals surface area contributed by atoms with Gasteiger partial charge in [0.15, 0.2) is 0 Å². The molecule has 10 heteroatoms. The standard InChI is InChI=1S/C24H30N6O3S/c1-18-5-7-19(8-6-18)25-22-17-23(28(2)3)27-24(26-22)29-13-15-30(16-14-29)34(31,32)21-11-9-20(33-4)10-12-21/h5-12,17H,13-16H2,1-4H3,(H,25,26,27). The summed E-state index contributed by atoms with van der Waals surface area (Å²) in [7, 11) is 1.84. The summed E-state index contributed by atoms with van der Waals surface area (Å²) >= 11 is 0. The molecule has 0 unspecified atom stereocenters. The molecular weight excluding hydrogens is 452 g/mol. The first-order valence-corrected chi connectivity index (χ1v) is 12.5. The predicted molar refractivity (Wildman–Crippen MR) is 135 cm³/mol. The minimum Gasteiger partial charge on any atom is -0.497 e. The van der Waals surface area contributed by atoms with Crippen molar-refractivity contribution < 1.29 is 13.2 Å². The Morgan fingerprint density at radius 3 is 2.18 bits per heavy atom. The number of nitrogens with zero attached hydrogens (tertiary/aromatic N) is 5. The second-order valence-electron chi connectivity index (χ2n) is 8.36. The summed E-state index contributed by atoms with van der Waals surface area (Å²) in [6.07, 6.45) is 0. The van der Waals surface area contributed by atoms with Crippen LogP contribution in [0.3, 0.4) is 0 Å². The zero-order valence-electron chi connectivity index (χ0n) is 19.9. The van der Waals surface area contributed by atoms with Gasteiger partial charge in [-0.2, -0.15) is 14.3 Å². The van der Waals surface area contributed by atoms with Crippen molar-refractivity contribution in [3.05, 3.63) is 60.2 Å². The lowest BCUT2D eigenvalue weighted by Gasteiger charge is -2.34. The molecule has 0 atom stereocenters. The third kappa shape index (κ3) is 5.23. The number of aromatic nitrogens is 2. The van der Waals surface area contributed by atoms with E-state index in [4.69, 9.17) is 14.7 Å². The van der Waals surface area contributed by atoms with Crippen molar-refractivity contribution in [2.75, 3.05) is 62.5 Å². The normalized spacial score (nSPS) is 14.6. The number of nitrogens with one attached hydrogen (secondary N) is 1. The Hall–Kier alpha value is -3.37. The molecule has 0 aliphatic carbocycles. The van der Waals surface area contributed by atoms with Gasteiger partial charge in [0.1, 0.15) is 17.4 Å². The van der Waals surface area contributed by atoms with Gasteiger partial charge in [-0.15, -0.1) is 0 Å². The molecule has 0 spiro atoms. The van der Waals surface area contributed by atoms with Crippen LogP contribution in [0.25, 0.3) is 0 Å². The highest BCUT2D eigenvalue weighted by molar-refractivity contribution is 7.89. The minimum absolute atomic E-state index is 0.261. The van der Waals surface area contributed by atoms with Crippen LogP contribution < -0.4 is 19.9 Å². The number of hydrogen-bond donors (Lipinski definition) is 1. The monoisotopic (exact) mass is 482 g/mol. The fourth-order valence-electron chi connectivity index (χ4n) is 3.67. The average molecular weight is 483 g/mol. The van der Waals surface area contributed by atoms with E-state index in [1.54, 1.807) is 31.4 Å². The van der Waals surface area contributed by atoms with Crippen LogP contribution in [0.1, 0.15) is 5.56 Å². The molecule has 1 aliphatic rings. The molecule has 0 saturated carbocycles. The van der Waals surface area contributed by atoms with Gasteiger partial charge in [0.25, 0.3) is 0 Å². The second-order valence-corrected chi connectivity index (χ2v) is 10.3. The summed E-state index contributed by atoms with van der Waals surface area (Å²) in [6.45, 7) is 3.74. The Morgan fingerprint density at radius 2 is 1.59 bits per heavy atom. The van der Waals surface area contributed by atoms with Gasteiger partial charge in [0, 0.05) is 52.0 Å². The van der Waals surface area contributed by atoms with Crippen LogP contribution in [-0.4, -0.2) is 70.1 Å². The number of hydrogen-bond acceptors (Lipinski definition) is 8. The lowest BCUT2D eigenvalue weighted by Crippen LogP contribution is -2.49. The number of benzene rings is 2. The molecule has 2 aromatic carbocycles. The largest absolute Gasteiger partial charge is 0.497 e. The van der Waals surface area contributed by atoms with E-state index in [0.717, 1.165) is 11.5 Å². The van der Waals surface area contributed by atoms with Crippen molar-refractivity contribution in [1.82, 2.24) is 14.3 Å². The van der Waals surface area contributed by atoms with Crippen LogP contribution in [0.2, 0.25) is 0 Å². The van der Waals surface area contributed by atoms with Crippen molar-refractivity contribution >= 4 is 33.3 Å². The highest BCUT2D eigenvalue weighted by Gasteiger charge is 2.29. The van der Waals surface area contributed by atoms with E-state index in [0.29, 0.717) is 43.7 Å². The molecule has 34 heavy (non-hydrogen) atoms. The zero-order valence-corrected chi connectivity index (χ0v) is 20.7. The number of ether oxygens (including phenoxy) is 1. The Labute approximate surface area is 201 Å². The maximum Gasteiger partial charge on any atom is 0.243 e. The van der Waals surface area contributed by atoms with E-state index >= 15 is 0 Å². The third-order valence-electron chi connectivity index (χ3n) is 5.70. The lowest BCUT2D eigenvalue weighted by molar-refractivity contribution is 0.382. The molecule has 9 nitrogen and oxygen atoms in total. The van der Waals surface area contributed by atoms with E-state index in [1.165, 1.54) is 9.87 Å². The lowest BCUT2D eigenvalue weighted by atomic mass is 10.2. The van der Waals surface area contributed by atoms with E-state index < -0.39 is 10.0 Å². The highest BCUT2D eigenvalue weighted by atomic mass is 32.2. The van der Waals surface area contributed by atoms with Crippen LogP contribution in [0, 0.1) is 6.92 Å². The molecule has 1 N–H and O–H groups in total. The molecule has 0 radical (unpaired) electrons. The Kier molecular flexibility index (Phi) is 6.90. The second kappa shape index (κ2) is 9.86. The maximum absolute atomic E-state index is 13.1. The Bertz CT molecular complexity index is 1220. The van der Waals surface area contributed by atoms with Gasteiger partial charge < -0.3 is 19.9 Å². The molecule has 1 aliphatic heterocycles. The number of rotatable bonds is 7. The summed E-state index contributed by atoms with van der Waals surface area (Å²) in [5, 5.41) is 3.35. The molecule has 1 fully saturated rings. The summed E-state index contributed by atoms with van der Waals surface area (Å²) < 4.78 is 32.8. The number of anilines is 4. The highest BCUT2D eigenvalue weighted by Crippen LogP contribution is 2.25. The number of aryl methyl sites for hydroxylation is 1. The molecule has 180 valence electrons. The van der Waals surface area contributed by atoms with E-state index in [2.05, 4.69) is 5.32 Å². The molecule has 1 saturated heterocycles. The first-order chi connectivity index (χ1) is 16.3. The van der Waals surface area contributed by atoms with Gasteiger partial charge in [-0.05, 0) is 43.3 Å². The molecule has 1 aromatic heterocycles. The van der Waals surface area contributed by atoms with Gasteiger partial charge >= 0.3 is 0 Å². The topological polar surface area (TPSA) is 90.9 Å². The molecule has 2 heterocycles.